The van der Waals surface area contributed by atoms with Crippen LogP contribution < -0.4 is 5.32 Å². The summed E-state index contributed by atoms with van der Waals surface area (Å²) in [7, 11) is 0. The molecule has 3 aromatic rings. The van der Waals surface area contributed by atoms with Crippen LogP contribution in [0, 0.1) is 6.92 Å². The fraction of sp³-hybridized carbons (Fsp3) is 0.167. The Balaban J connectivity index is 2.05. The second-order valence-corrected chi connectivity index (χ2v) is 5.64. The van der Waals surface area contributed by atoms with Gasteiger partial charge in [-0.25, -0.2) is 0 Å². The third-order valence-corrected chi connectivity index (χ3v) is 4.07. The molecule has 1 N–H and O–H groups in total. The van der Waals surface area contributed by atoms with Gasteiger partial charge in [0.15, 0.2) is 0 Å². The largest absolute Gasteiger partial charge is 0.337 e. The number of benzene rings is 2. The third-order valence-electron chi connectivity index (χ3n) is 3.84. The second kappa shape index (κ2) is 5.85. The van der Waals surface area contributed by atoms with Crippen molar-refractivity contribution in [3.05, 3.63) is 64.8 Å². The van der Waals surface area contributed by atoms with E-state index in [1.54, 1.807) is 12.1 Å². The van der Waals surface area contributed by atoms with E-state index in [9.17, 15) is 4.79 Å². The van der Waals surface area contributed by atoms with E-state index in [1.165, 1.54) is 0 Å². The van der Waals surface area contributed by atoms with Gasteiger partial charge >= 0.3 is 0 Å². The van der Waals surface area contributed by atoms with Crippen LogP contribution in [0.15, 0.2) is 48.5 Å². The average Bonchev–Trinajstić information content (AvgIpc) is 2.80. The van der Waals surface area contributed by atoms with Gasteiger partial charge in [-0.1, -0.05) is 35.9 Å². The summed E-state index contributed by atoms with van der Waals surface area (Å²) in [6, 6.07) is 15.3. The highest BCUT2D eigenvalue weighted by Gasteiger charge is 2.19. The summed E-state index contributed by atoms with van der Waals surface area (Å²) in [6.45, 7) is 4.77. The normalized spacial score (nSPS) is 10.9. The summed E-state index contributed by atoms with van der Waals surface area (Å²) >= 11 is 5.97. The quantitative estimate of drug-likeness (QED) is 0.735. The van der Waals surface area contributed by atoms with Crippen molar-refractivity contribution in [1.29, 1.82) is 0 Å². The standard InChI is InChI=1S/C18H17ClN2O/c1-3-21-16-10-5-4-9-15(16)12(2)17(21)18(22)20-14-8-6-7-13(19)11-14/h4-11H,3H2,1-2H3,(H,20,22). The Morgan fingerprint density at radius 1 is 1.18 bits per heavy atom. The summed E-state index contributed by atoms with van der Waals surface area (Å²) in [6.07, 6.45) is 0. The number of hydrogen-bond donors (Lipinski definition) is 1. The number of aromatic nitrogens is 1. The molecule has 112 valence electrons. The highest BCUT2D eigenvalue weighted by molar-refractivity contribution is 6.31. The second-order valence-electron chi connectivity index (χ2n) is 5.20. The highest BCUT2D eigenvalue weighted by atomic mass is 35.5. The van der Waals surface area contributed by atoms with E-state index in [2.05, 4.69) is 5.32 Å². The Labute approximate surface area is 134 Å². The van der Waals surface area contributed by atoms with Gasteiger partial charge in [-0.05, 0) is 43.7 Å². The molecule has 0 unspecified atom stereocenters. The molecular formula is C18H17ClN2O. The van der Waals surface area contributed by atoms with Crippen molar-refractivity contribution < 1.29 is 4.79 Å². The molecule has 1 aromatic heterocycles. The Morgan fingerprint density at radius 3 is 2.68 bits per heavy atom. The first-order valence-electron chi connectivity index (χ1n) is 7.26. The predicted octanol–water partition coefficient (Wildman–Crippen LogP) is 4.88. The lowest BCUT2D eigenvalue weighted by Gasteiger charge is -2.10. The molecule has 0 bridgehead atoms. The SMILES string of the molecule is CCn1c(C(=O)Nc2cccc(Cl)c2)c(C)c2ccccc21. The minimum absolute atomic E-state index is 0.113. The van der Waals surface area contributed by atoms with Crippen LogP contribution in [0.2, 0.25) is 5.02 Å². The van der Waals surface area contributed by atoms with Crippen molar-refractivity contribution >= 4 is 34.1 Å². The maximum atomic E-state index is 12.7. The average molecular weight is 313 g/mol. The number of nitrogens with zero attached hydrogens (tertiary/aromatic N) is 1. The van der Waals surface area contributed by atoms with Gasteiger partial charge in [0.25, 0.3) is 5.91 Å². The Kier molecular flexibility index (Phi) is 3.90. The van der Waals surface area contributed by atoms with Crippen molar-refractivity contribution in [2.24, 2.45) is 0 Å². The van der Waals surface area contributed by atoms with Gasteiger partial charge in [0.1, 0.15) is 5.69 Å². The van der Waals surface area contributed by atoms with E-state index in [0.717, 1.165) is 23.0 Å². The molecule has 0 aliphatic rings. The van der Waals surface area contributed by atoms with Crippen molar-refractivity contribution in [2.75, 3.05) is 5.32 Å². The summed E-state index contributed by atoms with van der Waals surface area (Å²) in [4.78, 5) is 12.7. The molecule has 0 aliphatic carbocycles. The molecule has 0 atom stereocenters. The lowest BCUT2D eigenvalue weighted by atomic mass is 10.1. The molecule has 1 amide bonds. The van der Waals surface area contributed by atoms with Crippen molar-refractivity contribution in [3.8, 4) is 0 Å². The number of para-hydroxylation sites is 1. The van der Waals surface area contributed by atoms with Crippen LogP contribution in [0.3, 0.4) is 0 Å². The summed E-state index contributed by atoms with van der Waals surface area (Å²) in [5.74, 6) is -0.113. The molecule has 0 fully saturated rings. The molecule has 1 heterocycles. The monoisotopic (exact) mass is 312 g/mol. The van der Waals surface area contributed by atoms with Crippen molar-refractivity contribution in [1.82, 2.24) is 4.57 Å². The van der Waals surface area contributed by atoms with Crippen LogP contribution in [0.5, 0.6) is 0 Å². The van der Waals surface area contributed by atoms with Crippen molar-refractivity contribution in [2.45, 2.75) is 20.4 Å². The first-order valence-corrected chi connectivity index (χ1v) is 7.64. The zero-order valence-electron chi connectivity index (χ0n) is 12.6. The summed E-state index contributed by atoms with van der Waals surface area (Å²) in [5.41, 5.74) is 3.48. The van der Waals surface area contributed by atoms with E-state index in [1.807, 2.05) is 54.8 Å². The number of fused-ring (bicyclic) bond motifs is 1. The summed E-state index contributed by atoms with van der Waals surface area (Å²) < 4.78 is 2.05. The van der Waals surface area contributed by atoms with E-state index in [0.29, 0.717) is 16.4 Å². The molecule has 22 heavy (non-hydrogen) atoms. The van der Waals surface area contributed by atoms with E-state index in [-0.39, 0.29) is 5.91 Å². The molecule has 0 saturated heterocycles. The lowest BCUT2D eigenvalue weighted by molar-refractivity contribution is 0.101. The molecule has 0 saturated carbocycles. The molecule has 3 nitrogen and oxygen atoms in total. The number of rotatable bonds is 3. The first-order chi connectivity index (χ1) is 10.6. The van der Waals surface area contributed by atoms with Gasteiger partial charge in [0.05, 0.1) is 0 Å². The van der Waals surface area contributed by atoms with Gasteiger partial charge in [-0.2, -0.15) is 0 Å². The first kappa shape index (κ1) is 14.7. The van der Waals surface area contributed by atoms with Gasteiger partial charge in [0.2, 0.25) is 0 Å². The molecule has 0 spiro atoms. The van der Waals surface area contributed by atoms with E-state index >= 15 is 0 Å². The minimum atomic E-state index is -0.113. The number of carbonyl (C=O) groups is 1. The number of nitrogens with one attached hydrogen (secondary N) is 1. The van der Waals surface area contributed by atoms with Gasteiger partial charge in [0, 0.05) is 28.2 Å². The van der Waals surface area contributed by atoms with Gasteiger partial charge in [-0.3, -0.25) is 4.79 Å². The molecule has 4 heteroatoms. The van der Waals surface area contributed by atoms with Crippen LogP contribution in [0.1, 0.15) is 23.0 Å². The molecule has 0 radical (unpaired) electrons. The van der Waals surface area contributed by atoms with Gasteiger partial charge < -0.3 is 9.88 Å². The molecule has 2 aromatic carbocycles. The third kappa shape index (κ3) is 2.48. The topological polar surface area (TPSA) is 34.0 Å². The Hall–Kier alpha value is -2.26. The Bertz CT molecular complexity index is 851. The minimum Gasteiger partial charge on any atom is -0.337 e. The van der Waals surface area contributed by atoms with Crippen molar-refractivity contribution in [3.63, 3.8) is 0 Å². The zero-order chi connectivity index (χ0) is 15.7. The predicted molar refractivity (Wildman–Crippen MR) is 91.8 cm³/mol. The van der Waals surface area contributed by atoms with Crippen LogP contribution >= 0.6 is 11.6 Å². The number of amides is 1. The fourth-order valence-corrected chi connectivity index (χ4v) is 3.04. The maximum absolute atomic E-state index is 12.7. The van der Waals surface area contributed by atoms with Crippen LogP contribution in [0.25, 0.3) is 10.9 Å². The lowest BCUT2D eigenvalue weighted by Crippen LogP contribution is -2.17. The number of anilines is 1. The zero-order valence-corrected chi connectivity index (χ0v) is 13.3. The van der Waals surface area contributed by atoms with E-state index in [4.69, 9.17) is 11.6 Å². The number of carbonyl (C=O) groups excluding carboxylic acids is 1. The van der Waals surface area contributed by atoms with Gasteiger partial charge in [-0.15, -0.1) is 0 Å². The molecule has 0 aliphatic heterocycles. The number of aryl methyl sites for hydroxylation is 2. The Morgan fingerprint density at radius 2 is 1.95 bits per heavy atom. The van der Waals surface area contributed by atoms with Crippen LogP contribution in [0.4, 0.5) is 5.69 Å². The van der Waals surface area contributed by atoms with Crippen LogP contribution in [-0.2, 0) is 6.54 Å². The van der Waals surface area contributed by atoms with E-state index < -0.39 is 0 Å². The van der Waals surface area contributed by atoms with Crippen LogP contribution in [-0.4, -0.2) is 10.5 Å². The fourth-order valence-electron chi connectivity index (χ4n) is 2.85. The molecule has 3 rings (SSSR count). The highest BCUT2D eigenvalue weighted by Crippen LogP contribution is 2.26. The number of halogens is 1. The maximum Gasteiger partial charge on any atom is 0.272 e. The number of hydrogen-bond acceptors (Lipinski definition) is 1. The smallest absolute Gasteiger partial charge is 0.272 e. The molecular weight excluding hydrogens is 296 g/mol. The summed E-state index contributed by atoms with van der Waals surface area (Å²) in [5, 5.41) is 4.65.